The predicted molar refractivity (Wildman–Crippen MR) is 94.6 cm³/mol. The lowest BCUT2D eigenvalue weighted by molar-refractivity contribution is 0.204. The number of unbranched alkanes of at least 4 members (excludes halogenated alkanes) is 3. The first-order valence-electron chi connectivity index (χ1n) is 8.97. The number of fused-ring (bicyclic) bond motifs is 1. The molecule has 0 saturated carbocycles. The van der Waals surface area contributed by atoms with E-state index in [9.17, 15) is 0 Å². The van der Waals surface area contributed by atoms with E-state index in [1.54, 1.807) is 0 Å². The first-order chi connectivity index (χ1) is 10.7. The van der Waals surface area contributed by atoms with Gasteiger partial charge < -0.3 is 4.74 Å². The van der Waals surface area contributed by atoms with E-state index in [2.05, 4.69) is 38.8 Å². The van der Waals surface area contributed by atoms with E-state index >= 15 is 0 Å². The molecule has 1 aromatic rings. The smallest absolute Gasteiger partial charge is 0.123 e. The monoisotopic (exact) mass is 298 g/mol. The molecule has 0 radical (unpaired) electrons. The van der Waals surface area contributed by atoms with E-state index in [0.717, 1.165) is 43.6 Å². The Morgan fingerprint density at radius 3 is 2.55 bits per heavy atom. The maximum atomic E-state index is 5.98. The van der Waals surface area contributed by atoms with Gasteiger partial charge >= 0.3 is 0 Å². The Morgan fingerprint density at radius 2 is 1.91 bits per heavy atom. The van der Waals surface area contributed by atoms with Crippen LogP contribution in [0.1, 0.15) is 82.4 Å². The molecule has 120 valence electrons. The third-order valence-electron chi connectivity index (χ3n) is 5.42. The van der Waals surface area contributed by atoms with Crippen LogP contribution >= 0.6 is 0 Å². The van der Waals surface area contributed by atoms with Gasteiger partial charge in [0.2, 0.25) is 0 Å². The SMILES string of the molecule is C#Cc1cc2c(cc1CCCCCC)OCCC2(CC)CC. The molecule has 2 rings (SSSR count). The van der Waals surface area contributed by atoms with Gasteiger partial charge in [-0.1, -0.05) is 46.0 Å². The molecule has 1 heterocycles. The summed E-state index contributed by atoms with van der Waals surface area (Å²) in [5, 5.41) is 0. The maximum absolute atomic E-state index is 5.98. The van der Waals surface area contributed by atoms with E-state index in [1.807, 2.05) is 0 Å². The van der Waals surface area contributed by atoms with E-state index in [-0.39, 0.29) is 5.41 Å². The van der Waals surface area contributed by atoms with Gasteiger partial charge in [-0.25, -0.2) is 0 Å². The standard InChI is InChI=1S/C21H30O/c1-5-9-10-11-12-18-16-20-19(15-17(18)6-2)21(7-3,8-4)13-14-22-20/h2,15-16H,5,7-14H2,1,3-4H3. The molecule has 0 saturated heterocycles. The van der Waals surface area contributed by atoms with Crippen molar-refractivity contribution in [3.05, 3.63) is 28.8 Å². The summed E-state index contributed by atoms with van der Waals surface area (Å²) in [4.78, 5) is 0. The van der Waals surface area contributed by atoms with Crippen molar-refractivity contribution >= 4 is 0 Å². The molecule has 0 spiro atoms. The van der Waals surface area contributed by atoms with Gasteiger partial charge in [0.05, 0.1) is 6.61 Å². The van der Waals surface area contributed by atoms with Crippen LogP contribution in [0.25, 0.3) is 0 Å². The van der Waals surface area contributed by atoms with E-state index in [4.69, 9.17) is 11.2 Å². The summed E-state index contributed by atoms with van der Waals surface area (Å²) in [6, 6.07) is 4.48. The summed E-state index contributed by atoms with van der Waals surface area (Å²) in [5.74, 6) is 4.00. The molecule has 0 atom stereocenters. The fourth-order valence-electron chi connectivity index (χ4n) is 3.71. The topological polar surface area (TPSA) is 9.23 Å². The molecule has 0 fully saturated rings. The number of terminal acetylenes is 1. The van der Waals surface area contributed by atoms with Crippen molar-refractivity contribution in [2.24, 2.45) is 0 Å². The van der Waals surface area contributed by atoms with Crippen molar-refractivity contribution in [3.63, 3.8) is 0 Å². The molecule has 0 N–H and O–H groups in total. The van der Waals surface area contributed by atoms with Crippen molar-refractivity contribution in [2.45, 2.75) is 77.6 Å². The van der Waals surface area contributed by atoms with Crippen LogP contribution in [0.5, 0.6) is 5.75 Å². The quantitative estimate of drug-likeness (QED) is 0.468. The first kappa shape index (κ1) is 16.9. The minimum absolute atomic E-state index is 0.250. The zero-order valence-electron chi connectivity index (χ0n) is 14.5. The molecule has 1 heteroatoms. The molecular formula is C21H30O. The van der Waals surface area contributed by atoms with Crippen LogP contribution in [0.4, 0.5) is 0 Å². The molecule has 1 aliphatic heterocycles. The Balaban J connectivity index is 2.31. The summed E-state index contributed by atoms with van der Waals surface area (Å²) in [7, 11) is 0. The Labute approximate surface area is 136 Å². The molecule has 0 bridgehead atoms. The molecule has 22 heavy (non-hydrogen) atoms. The average Bonchev–Trinajstić information content (AvgIpc) is 2.57. The van der Waals surface area contributed by atoms with Gasteiger partial charge in [-0.15, -0.1) is 6.42 Å². The highest BCUT2D eigenvalue weighted by Gasteiger charge is 2.35. The molecule has 0 unspecified atom stereocenters. The van der Waals surface area contributed by atoms with E-state index < -0.39 is 0 Å². The maximum Gasteiger partial charge on any atom is 0.123 e. The summed E-state index contributed by atoms with van der Waals surface area (Å²) in [6.45, 7) is 7.65. The van der Waals surface area contributed by atoms with Crippen molar-refractivity contribution in [1.82, 2.24) is 0 Å². The van der Waals surface area contributed by atoms with Crippen LogP contribution in [0.3, 0.4) is 0 Å². The second-order valence-corrected chi connectivity index (χ2v) is 6.55. The summed E-state index contributed by atoms with van der Waals surface area (Å²) >= 11 is 0. The van der Waals surface area contributed by atoms with Crippen LogP contribution in [-0.2, 0) is 11.8 Å². The third-order valence-corrected chi connectivity index (χ3v) is 5.42. The molecule has 0 aromatic heterocycles. The van der Waals surface area contributed by atoms with Gasteiger partial charge in [-0.3, -0.25) is 0 Å². The first-order valence-corrected chi connectivity index (χ1v) is 8.97. The molecule has 1 aromatic carbocycles. The van der Waals surface area contributed by atoms with Gasteiger partial charge in [0, 0.05) is 16.5 Å². The van der Waals surface area contributed by atoms with Crippen LogP contribution in [0, 0.1) is 12.3 Å². The van der Waals surface area contributed by atoms with Crippen molar-refractivity contribution < 1.29 is 4.74 Å². The third kappa shape index (κ3) is 3.32. The Morgan fingerprint density at radius 1 is 1.14 bits per heavy atom. The zero-order valence-corrected chi connectivity index (χ0v) is 14.5. The van der Waals surface area contributed by atoms with Crippen LogP contribution in [-0.4, -0.2) is 6.61 Å². The fourth-order valence-corrected chi connectivity index (χ4v) is 3.71. The number of ether oxygens (including phenoxy) is 1. The molecule has 1 nitrogen and oxygen atoms in total. The molecule has 1 aliphatic rings. The van der Waals surface area contributed by atoms with Crippen LogP contribution < -0.4 is 4.74 Å². The Hall–Kier alpha value is -1.42. The largest absolute Gasteiger partial charge is 0.493 e. The van der Waals surface area contributed by atoms with Crippen molar-refractivity contribution in [1.29, 1.82) is 0 Å². The minimum atomic E-state index is 0.250. The number of hydrogen-bond acceptors (Lipinski definition) is 1. The number of benzene rings is 1. The summed E-state index contributed by atoms with van der Waals surface area (Å²) in [6.07, 6.45) is 15.4. The molecule has 0 amide bonds. The highest BCUT2D eigenvalue weighted by Crippen LogP contribution is 2.44. The van der Waals surface area contributed by atoms with Crippen molar-refractivity contribution in [3.8, 4) is 18.1 Å². The van der Waals surface area contributed by atoms with Crippen molar-refractivity contribution in [2.75, 3.05) is 6.61 Å². The fraction of sp³-hybridized carbons (Fsp3) is 0.619. The van der Waals surface area contributed by atoms with E-state index in [1.165, 1.54) is 36.8 Å². The second-order valence-electron chi connectivity index (χ2n) is 6.55. The lowest BCUT2D eigenvalue weighted by Crippen LogP contribution is -2.32. The van der Waals surface area contributed by atoms with Gasteiger partial charge in [0.15, 0.2) is 0 Å². The second kappa shape index (κ2) is 7.73. The van der Waals surface area contributed by atoms with Gasteiger partial charge in [0.1, 0.15) is 5.75 Å². The number of hydrogen-bond donors (Lipinski definition) is 0. The highest BCUT2D eigenvalue weighted by molar-refractivity contribution is 5.52. The Bertz CT molecular complexity index is 532. The normalized spacial score (nSPS) is 15.7. The van der Waals surface area contributed by atoms with Crippen LogP contribution in [0.15, 0.2) is 12.1 Å². The minimum Gasteiger partial charge on any atom is -0.493 e. The number of rotatable bonds is 7. The molecule has 0 aliphatic carbocycles. The summed E-state index contributed by atoms with van der Waals surface area (Å²) in [5.41, 5.74) is 3.96. The Kier molecular flexibility index (Phi) is 5.95. The lowest BCUT2D eigenvalue weighted by Gasteiger charge is -2.38. The van der Waals surface area contributed by atoms with E-state index in [0.29, 0.717) is 0 Å². The number of aryl methyl sites for hydroxylation is 1. The average molecular weight is 298 g/mol. The van der Waals surface area contributed by atoms with Gasteiger partial charge in [-0.2, -0.15) is 0 Å². The predicted octanol–water partition coefficient (Wildman–Crippen LogP) is 5.63. The van der Waals surface area contributed by atoms with Gasteiger partial charge in [-0.05, 0) is 49.8 Å². The molecular weight excluding hydrogens is 268 g/mol. The zero-order chi connectivity index (χ0) is 16.0. The summed E-state index contributed by atoms with van der Waals surface area (Å²) < 4.78 is 5.98. The lowest BCUT2D eigenvalue weighted by atomic mass is 9.71. The van der Waals surface area contributed by atoms with Crippen LogP contribution in [0.2, 0.25) is 0 Å². The highest BCUT2D eigenvalue weighted by atomic mass is 16.5. The van der Waals surface area contributed by atoms with Gasteiger partial charge in [0.25, 0.3) is 0 Å².